The summed E-state index contributed by atoms with van der Waals surface area (Å²) in [4.78, 5) is 22.3. The van der Waals surface area contributed by atoms with Crippen molar-refractivity contribution in [2.75, 3.05) is 32.0 Å². The molecule has 1 aromatic carbocycles. The minimum Gasteiger partial charge on any atom is -0.326 e. The molecule has 6 rings (SSSR count). The van der Waals surface area contributed by atoms with Crippen LogP contribution in [0.3, 0.4) is 0 Å². The third-order valence-electron chi connectivity index (χ3n) is 7.80. The van der Waals surface area contributed by atoms with Gasteiger partial charge in [-0.25, -0.2) is 28.7 Å². The number of likely N-dealkylation sites (N-methyl/N-ethyl adjacent to an activating group) is 1. The molecule has 0 spiro atoms. The van der Waals surface area contributed by atoms with E-state index in [0.29, 0.717) is 34.7 Å². The Hall–Kier alpha value is -3.50. The highest BCUT2D eigenvalue weighted by Crippen LogP contribution is 2.34. The lowest BCUT2D eigenvalue weighted by molar-refractivity contribution is -0.0433. The van der Waals surface area contributed by atoms with Crippen LogP contribution in [0.5, 0.6) is 0 Å². The third-order valence-corrected chi connectivity index (χ3v) is 7.80. The monoisotopic (exact) mass is 518 g/mol. The molecule has 2 fully saturated rings. The Morgan fingerprint density at radius 1 is 1.03 bits per heavy atom. The molecule has 2 atom stereocenters. The first-order chi connectivity index (χ1) is 18.3. The minimum absolute atomic E-state index is 0.0841. The first-order valence-corrected chi connectivity index (χ1v) is 13.1. The molecular weight excluding hydrogens is 486 g/mol. The molecule has 198 valence electrons. The number of rotatable bonds is 6. The molecule has 4 aromatic rings. The predicted molar refractivity (Wildman–Crippen MR) is 143 cm³/mol. The molecule has 10 heteroatoms. The molecule has 0 bridgehead atoms. The molecule has 2 saturated heterocycles. The Kier molecular flexibility index (Phi) is 6.31. The zero-order valence-corrected chi connectivity index (χ0v) is 22.1. The number of fused-ring (bicyclic) bond motifs is 2. The second-order valence-electron chi connectivity index (χ2n) is 10.8. The van der Waals surface area contributed by atoms with Gasteiger partial charge in [-0.3, -0.25) is 4.90 Å². The molecule has 2 aliphatic rings. The Bertz CT molecular complexity index is 1480. The molecule has 0 aliphatic carbocycles. The van der Waals surface area contributed by atoms with Gasteiger partial charge in [-0.05, 0) is 70.5 Å². The lowest BCUT2D eigenvalue weighted by Crippen LogP contribution is -2.62. The van der Waals surface area contributed by atoms with Crippen molar-refractivity contribution in [1.82, 2.24) is 34.3 Å². The Labute approximate surface area is 220 Å². The highest BCUT2D eigenvalue weighted by Gasteiger charge is 2.41. The smallest absolute Gasteiger partial charge is 0.228 e. The number of pyridine rings is 1. The summed E-state index contributed by atoms with van der Waals surface area (Å²) in [6, 6.07) is 5.34. The van der Waals surface area contributed by atoms with Crippen molar-refractivity contribution in [3.63, 3.8) is 0 Å². The standard InChI is InChI=1S/C28H32F2N8/c1-16(2)38-17(3)34-27-22(29)7-20(8-24(27)38)21-9-26(31-12-23(21)30)35-28-32-10-18(11-33-28)13-37-14-19-5-6-36(4)15-25(19)37/h7-12,16,19,25H,5-6,13-15H2,1-4H3,(H,31,32,33,35)/t19-,25-/m0/s1. The fourth-order valence-electron chi connectivity index (χ4n) is 5.90. The van der Waals surface area contributed by atoms with Crippen LogP contribution in [0.2, 0.25) is 0 Å². The fraction of sp³-hybridized carbons (Fsp3) is 0.429. The van der Waals surface area contributed by atoms with E-state index in [1.165, 1.54) is 19.0 Å². The average molecular weight is 519 g/mol. The van der Waals surface area contributed by atoms with Crippen LogP contribution < -0.4 is 5.32 Å². The van der Waals surface area contributed by atoms with Gasteiger partial charge in [-0.15, -0.1) is 0 Å². The van der Waals surface area contributed by atoms with E-state index in [0.717, 1.165) is 37.3 Å². The summed E-state index contributed by atoms with van der Waals surface area (Å²) in [7, 11) is 2.18. The van der Waals surface area contributed by atoms with Crippen molar-refractivity contribution < 1.29 is 8.78 Å². The van der Waals surface area contributed by atoms with Crippen molar-refractivity contribution in [2.45, 2.75) is 45.8 Å². The van der Waals surface area contributed by atoms with Crippen molar-refractivity contribution in [1.29, 1.82) is 0 Å². The maximum atomic E-state index is 15.0. The number of benzene rings is 1. The molecular formula is C28H32F2N8. The second kappa shape index (κ2) is 9.67. The van der Waals surface area contributed by atoms with Gasteiger partial charge in [-0.2, -0.15) is 0 Å². The summed E-state index contributed by atoms with van der Waals surface area (Å²) < 4.78 is 31.8. The van der Waals surface area contributed by atoms with Gasteiger partial charge in [0.25, 0.3) is 0 Å². The molecule has 38 heavy (non-hydrogen) atoms. The van der Waals surface area contributed by atoms with Crippen LogP contribution in [0.1, 0.15) is 37.7 Å². The van der Waals surface area contributed by atoms with E-state index in [1.54, 1.807) is 12.1 Å². The van der Waals surface area contributed by atoms with Crippen molar-refractivity contribution in [3.8, 4) is 11.1 Å². The lowest BCUT2D eigenvalue weighted by atomic mass is 9.82. The number of anilines is 2. The quantitative estimate of drug-likeness (QED) is 0.388. The number of likely N-dealkylation sites (tertiary alicyclic amines) is 2. The van der Waals surface area contributed by atoms with Gasteiger partial charge in [0.1, 0.15) is 23.0 Å². The second-order valence-corrected chi connectivity index (χ2v) is 10.8. The zero-order chi connectivity index (χ0) is 26.6. The van der Waals surface area contributed by atoms with E-state index in [4.69, 9.17) is 0 Å². The van der Waals surface area contributed by atoms with E-state index in [-0.39, 0.29) is 17.1 Å². The Morgan fingerprint density at radius 2 is 1.82 bits per heavy atom. The number of nitrogens with zero attached hydrogens (tertiary/aromatic N) is 7. The van der Waals surface area contributed by atoms with Gasteiger partial charge in [0.2, 0.25) is 5.95 Å². The zero-order valence-electron chi connectivity index (χ0n) is 22.1. The fourth-order valence-corrected chi connectivity index (χ4v) is 5.90. The molecule has 0 radical (unpaired) electrons. The van der Waals surface area contributed by atoms with E-state index >= 15 is 0 Å². The van der Waals surface area contributed by atoms with Gasteiger partial charge in [0.05, 0.1) is 11.7 Å². The maximum absolute atomic E-state index is 15.0. The Morgan fingerprint density at radius 3 is 2.58 bits per heavy atom. The number of hydrogen-bond acceptors (Lipinski definition) is 7. The van der Waals surface area contributed by atoms with E-state index < -0.39 is 11.6 Å². The first kappa shape index (κ1) is 24.8. The summed E-state index contributed by atoms with van der Waals surface area (Å²) in [6.45, 7) is 10.1. The lowest BCUT2D eigenvalue weighted by Gasteiger charge is -2.53. The SMILES string of the molecule is Cc1nc2c(F)cc(-c3cc(Nc4ncc(CN5C[C@@H]6CCN(C)C[C@@H]65)cn4)ncc3F)cc2n1C(C)C. The summed E-state index contributed by atoms with van der Waals surface area (Å²) in [5.41, 5.74) is 2.61. The molecule has 5 heterocycles. The number of hydrogen-bond donors (Lipinski definition) is 1. The van der Waals surface area contributed by atoms with Crippen LogP contribution in [0.15, 0.2) is 36.8 Å². The largest absolute Gasteiger partial charge is 0.326 e. The predicted octanol–water partition coefficient (Wildman–Crippen LogP) is 4.94. The van der Waals surface area contributed by atoms with Crippen LogP contribution in [-0.4, -0.2) is 67.0 Å². The number of aryl methyl sites for hydroxylation is 1. The molecule has 1 N–H and O–H groups in total. The number of piperidine rings is 1. The molecule has 2 aliphatic heterocycles. The van der Waals surface area contributed by atoms with Crippen LogP contribution in [0.4, 0.5) is 20.5 Å². The van der Waals surface area contributed by atoms with Crippen LogP contribution in [0, 0.1) is 24.5 Å². The maximum Gasteiger partial charge on any atom is 0.228 e. The van der Waals surface area contributed by atoms with Crippen molar-refractivity contribution in [2.24, 2.45) is 5.92 Å². The summed E-state index contributed by atoms with van der Waals surface area (Å²) >= 11 is 0. The molecule has 0 saturated carbocycles. The van der Waals surface area contributed by atoms with Crippen LogP contribution >= 0.6 is 0 Å². The normalized spacial score (nSPS) is 20.1. The van der Waals surface area contributed by atoms with E-state index in [9.17, 15) is 8.78 Å². The summed E-state index contributed by atoms with van der Waals surface area (Å²) in [5, 5.41) is 3.05. The van der Waals surface area contributed by atoms with Gasteiger partial charge in [0.15, 0.2) is 5.82 Å². The topological polar surface area (TPSA) is 75.0 Å². The summed E-state index contributed by atoms with van der Waals surface area (Å²) in [6.07, 6.45) is 6.03. The highest BCUT2D eigenvalue weighted by atomic mass is 19.1. The van der Waals surface area contributed by atoms with Crippen molar-refractivity contribution >= 4 is 22.8 Å². The highest BCUT2D eigenvalue weighted by molar-refractivity contribution is 5.84. The third kappa shape index (κ3) is 4.52. The van der Waals surface area contributed by atoms with Crippen LogP contribution in [0.25, 0.3) is 22.2 Å². The molecule has 0 amide bonds. The van der Waals surface area contributed by atoms with E-state index in [1.807, 2.05) is 37.7 Å². The molecule has 0 unspecified atom stereocenters. The van der Waals surface area contributed by atoms with Gasteiger partial charge in [0, 0.05) is 55.2 Å². The number of imidazole rings is 1. The summed E-state index contributed by atoms with van der Waals surface area (Å²) in [5.74, 6) is 1.23. The average Bonchev–Trinajstić information content (AvgIpc) is 3.22. The van der Waals surface area contributed by atoms with Crippen LogP contribution in [-0.2, 0) is 6.54 Å². The Balaban J connectivity index is 1.20. The minimum atomic E-state index is -0.542. The van der Waals surface area contributed by atoms with Gasteiger partial charge >= 0.3 is 0 Å². The molecule has 8 nitrogen and oxygen atoms in total. The van der Waals surface area contributed by atoms with Gasteiger partial charge < -0.3 is 14.8 Å². The number of aromatic nitrogens is 5. The molecule has 3 aromatic heterocycles. The first-order valence-electron chi connectivity index (χ1n) is 13.1. The van der Waals surface area contributed by atoms with Crippen molar-refractivity contribution in [3.05, 3.63) is 59.8 Å². The number of halogens is 2. The van der Waals surface area contributed by atoms with E-state index in [2.05, 4.69) is 42.1 Å². The number of nitrogens with one attached hydrogen (secondary N) is 1. The van der Waals surface area contributed by atoms with Gasteiger partial charge in [-0.1, -0.05) is 0 Å².